The van der Waals surface area contributed by atoms with Crippen LogP contribution in [0.2, 0.25) is 0 Å². The zero-order valence-corrected chi connectivity index (χ0v) is 15.1. The van der Waals surface area contributed by atoms with Gasteiger partial charge in [0, 0.05) is 21.0 Å². The van der Waals surface area contributed by atoms with Crippen molar-refractivity contribution >= 4 is 50.9 Å². The summed E-state index contributed by atoms with van der Waals surface area (Å²) >= 11 is 4.17. The molecule has 0 aliphatic carbocycles. The Morgan fingerprint density at radius 2 is 2.17 bits per heavy atom. The van der Waals surface area contributed by atoms with Crippen molar-refractivity contribution in [2.45, 2.75) is 10.2 Å². The summed E-state index contributed by atoms with van der Waals surface area (Å²) < 4.78 is 1.13. The van der Waals surface area contributed by atoms with Crippen LogP contribution in [0.25, 0.3) is 21.3 Å². The van der Waals surface area contributed by atoms with Crippen molar-refractivity contribution in [2.75, 3.05) is 12.0 Å². The van der Waals surface area contributed by atoms with Crippen molar-refractivity contribution in [3.05, 3.63) is 35.2 Å². The van der Waals surface area contributed by atoms with Gasteiger partial charge >= 0.3 is 0 Å². The Kier molecular flexibility index (Phi) is 5.04. The molecule has 0 aliphatic rings. The van der Waals surface area contributed by atoms with Crippen LogP contribution >= 0.6 is 34.9 Å². The van der Waals surface area contributed by atoms with Crippen LogP contribution in [-0.2, 0) is 4.79 Å². The fourth-order valence-electron chi connectivity index (χ4n) is 2.21. The number of amides is 1. The summed E-state index contributed by atoms with van der Waals surface area (Å²) in [7, 11) is 0. The van der Waals surface area contributed by atoms with Gasteiger partial charge in [-0.1, -0.05) is 41.7 Å². The predicted octanol–water partition coefficient (Wildman–Crippen LogP) is 3.53. The lowest BCUT2D eigenvalue weighted by atomic mass is 10.1. The molecule has 1 amide bonds. The first-order valence-electron chi connectivity index (χ1n) is 6.88. The minimum absolute atomic E-state index is 0.0728. The van der Waals surface area contributed by atoms with E-state index < -0.39 is 5.91 Å². The molecular weight excluding hydrogens is 360 g/mol. The van der Waals surface area contributed by atoms with Crippen molar-refractivity contribution < 1.29 is 4.79 Å². The highest BCUT2D eigenvalue weighted by Gasteiger charge is 2.19. The molecule has 0 spiro atoms. The molecule has 2 aromatic heterocycles. The van der Waals surface area contributed by atoms with Crippen LogP contribution in [-0.4, -0.2) is 27.9 Å². The number of aromatic nitrogens is 2. The van der Waals surface area contributed by atoms with Crippen molar-refractivity contribution in [1.29, 1.82) is 5.26 Å². The molecule has 0 atom stereocenters. The summed E-state index contributed by atoms with van der Waals surface area (Å²) in [6, 6.07) is 10.2. The molecule has 0 fully saturated rings. The van der Waals surface area contributed by atoms with Gasteiger partial charge in [-0.3, -0.25) is 4.79 Å². The summed E-state index contributed by atoms with van der Waals surface area (Å²) in [5, 5.41) is 13.7. The molecule has 24 heavy (non-hydrogen) atoms. The van der Waals surface area contributed by atoms with Gasteiger partial charge in [-0.25, -0.2) is 9.97 Å². The van der Waals surface area contributed by atoms with Gasteiger partial charge in [0.05, 0.1) is 11.4 Å². The molecule has 2 N–H and O–H groups in total. The molecule has 0 bridgehead atoms. The number of hydrogen-bond donors (Lipinski definition) is 1. The molecular formula is C16H12N4OS3. The Balaban J connectivity index is 2.21. The van der Waals surface area contributed by atoms with Crippen LogP contribution in [0.4, 0.5) is 0 Å². The van der Waals surface area contributed by atoms with Crippen molar-refractivity contribution in [2.24, 2.45) is 5.73 Å². The maximum absolute atomic E-state index is 11.1. The molecule has 120 valence electrons. The number of primary amides is 1. The number of nitrogens with zero attached hydrogens (tertiary/aromatic N) is 3. The smallest absolute Gasteiger partial charge is 0.227 e. The number of rotatable bonds is 5. The lowest BCUT2D eigenvalue weighted by Crippen LogP contribution is -2.13. The van der Waals surface area contributed by atoms with Gasteiger partial charge in [0.1, 0.15) is 16.7 Å². The van der Waals surface area contributed by atoms with E-state index in [1.165, 1.54) is 23.5 Å². The Labute approximate surface area is 151 Å². The zero-order valence-electron chi connectivity index (χ0n) is 12.6. The minimum atomic E-state index is -0.448. The summed E-state index contributed by atoms with van der Waals surface area (Å²) in [6.45, 7) is 0. The van der Waals surface area contributed by atoms with Crippen LogP contribution in [0.5, 0.6) is 0 Å². The second-order valence-corrected chi connectivity index (χ2v) is 7.40. The van der Waals surface area contributed by atoms with Gasteiger partial charge in [0.15, 0.2) is 5.16 Å². The predicted molar refractivity (Wildman–Crippen MR) is 99.3 cm³/mol. The number of nitrogens with two attached hydrogens (primary N) is 1. The van der Waals surface area contributed by atoms with E-state index in [-0.39, 0.29) is 5.75 Å². The molecule has 0 saturated heterocycles. The molecule has 0 saturated carbocycles. The van der Waals surface area contributed by atoms with Gasteiger partial charge in [0.2, 0.25) is 5.91 Å². The second kappa shape index (κ2) is 7.21. The fourth-order valence-corrected chi connectivity index (χ4v) is 4.30. The van der Waals surface area contributed by atoms with Gasteiger partial charge in [-0.05, 0) is 12.3 Å². The van der Waals surface area contributed by atoms with Gasteiger partial charge in [-0.2, -0.15) is 5.26 Å². The Bertz CT molecular complexity index is 962. The summed E-state index contributed by atoms with van der Waals surface area (Å²) in [6.07, 6.45) is 1.87. The van der Waals surface area contributed by atoms with Gasteiger partial charge in [-0.15, -0.1) is 11.3 Å². The Morgan fingerprint density at radius 1 is 1.38 bits per heavy atom. The van der Waals surface area contributed by atoms with E-state index in [0.29, 0.717) is 21.4 Å². The maximum Gasteiger partial charge on any atom is 0.227 e. The summed E-state index contributed by atoms with van der Waals surface area (Å²) in [5.74, 6) is -0.376. The number of benzene rings is 1. The van der Waals surface area contributed by atoms with Crippen LogP contribution in [0.3, 0.4) is 0 Å². The number of thiophene rings is 1. The summed E-state index contributed by atoms with van der Waals surface area (Å²) in [4.78, 5) is 20.0. The molecule has 2 heterocycles. The van der Waals surface area contributed by atoms with Gasteiger partial charge in [0.25, 0.3) is 0 Å². The number of nitriles is 1. The average molecular weight is 373 g/mol. The highest BCUT2D eigenvalue weighted by atomic mass is 32.2. The highest BCUT2D eigenvalue weighted by Crippen LogP contribution is 2.37. The van der Waals surface area contributed by atoms with Gasteiger partial charge < -0.3 is 5.73 Å². The standard InChI is InChI=1S/C16H12N4OS3/c1-22-16-19-14(10(6-17)15(20-16)24-8-13(18)21)11-7-23-12-5-3-2-4-9(11)12/h2-5,7H,8H2,1H3,(H2,18,21). The first-order chi connectivity index (χ1) is 11.6. The highest BCUT2D eigenvalue weighted by molar-refractivity contribution is 8.00. The molecule has 5 nitrogen and oxygen atoms in total. The molecule has 0 unspecified atom stereocenters. The largest absolute Gasteiger partial charge is 0.369 e. The SMILES string of the molecule is CSc1nc(SCC(N)=O)c(C#N)c(-c2csc3ccccc23)n1. The zero-order chi connectivity index (χ0) is 17.1. The van der Waals surface area contributed by atoms with E-state index in [0.717, 1.165) is 15.6 Å². The van der Waals surface area contributed by atoms with Crippen LogP contribution in [0.15, 0.2) is 39.8 Å². The molecule has 0 radical (unpaired) electrons. The summed E-state index contributed by atoms with van der Waals surface area (Å²) in [5.41, 5.74) is 7.10. The average Bonchev–Trinajstić information content (AvgIpc) is 3.02. The quantitative estimate of drug-likeness (QED) is 0.418. The first-order valence-corrected chi connectivity index (χ1v) is 9.97. The van der Waals surface area contributed by atoms with E-state index in [2.05, 4.69) is 16.0 Å². The third-order valence-electron chi connectivity index (χ3n) is 3.24. The molecule has 3 rings (SSSR count). The maximum atomic E-state index is 11.1. The Hall–Kier alpha value is -2.08. The van der Waals surface area contributed by atoms with E-state index in [1.807, 2.05) is 35.9 Å². The molecule has 3 aromatic rings. The van der Waals surface area contributed by atoms with E-state index >= 15 is 0 Å². The number of carbonyl (C=O) groups excluding carboxylic acids is 1. The van der Waals surface area contributed by atoms with Crippen molar-refractivity contribution in [1.82, 2.24) is 9.97 Å². The number of carbonyl (C=O) groups is 1. The van der Waals surface area contributed by atoms with E-state index in [4.69, 9.17) is 5.73 Å². The fraction of sp³-hybridized carbons (Fsp3) is 0.125. The number of fused-ring (bicyclic) bond motifs is 1. The van der Waals surface area contributed by atoms with E-state index in [1.54, 1.807) is 11.3 Å². The van der Waals surface area contributed by atoms with Crippen molar-refractivity contribution in [3.8, 4) is 17.3 Å². The third kappa shape index (κ3) is 3.24. The molecule has 0 aliphatic heterocycles. The first kappa shape index (κ1) is 16.8. The van der Waals surface area contributed by atoms with Crippen LogP contribution in [0.1, 0.15) is 5.56 Å². The molecule has 8 heteroatoms. The monoisotopic (exact) mass is 372 g/mol. The van der Waals surface area contributed by atoms with Crippen LogP contribution in [0, 0.1) is 11.3 Å². The Morgan fingerprint density at radius 3 is 2.88 bits per heavy atom. The van der Waals surface area contributed by atoms with E-state index in [9.17, 15) is 10.1 Å². The second-order valence-electron chi connectivity index (χ2n) is 4.75. The molecule has 1 aromatic carbocycles. The lowest BCUT2D eigenvalue weighted by molar-refractivity contribution is -0.115. The lowest BCUT2D eigenvalue weighted by Gasteiger charge is -2.09. The minimum Gasteiger partial charge on any atom is -0.369 e. The van der Waals surface area contributed by atoms with Crippen LogP contribution < -0.4 is 5.73 Å². The number of hydrogen-bond acceptors (Lipinski definition) is 7. The number of thioether (sulfide) groups is 2. The topological polar surface area (TPSA) is 92.7 Å². The third-order valence-corrected chi connectivity index (χ3v) is 5.75. The van der Waals surface area contributed by atoms with Crippen molar-refractivity contribution in [3.63, 3.8) is 0 Å². The normalized spacial score (nSPS) is 10.7.